The molecule has 1 rings (SSSR count). The molecule has 11 nitrogen and oxygen atoms in total. The van der Waals surface area contributed by atoms with Gasteiger partial charge >= 0.3 is 0 Å². The third-order valence-corrected chi connectivity index (χ3v) is 5.16. The Bertz CT molecular complexity index is 634. The molecule has 0 radical (unpaired) electrons. The zero-order valence-electron chi connectivity index (χ0n) is 17.8. The molecule has 30 heavy (non-hydrogen) atoms. The summed E-state index contributed by atoms with van der Waals surface area (Å²) in [5.41, 5.74) is 10.8. The van der Waals surface area contributed by atoms with E-state index < -0.39 is 35.8 Å². The molecule has 0 unspecified atom stereocenters. The average Bonchev–Trinajstić information content (AvgIpc) is 2.67. The Morgan fingerprint density at radius 1 is 1.00 bits per heavy atom. The monoisotopic (exact) mass is 425 g/mol. The lowest BCUT2D eigenvalue weighted by Gasteiger charge is -2.30. The van der Waals surface area contributed by atoms with Gasteiger partial charge in [0.1, 0.15) is 18.1 Å². The Kier molecular flexibility index (Phi) is 10.6. The molecule has 0 aromatic heterocycles. The van der Waals surface area contributed by atoms with Gasteiger partial charge in [0.15, 0.2) is 5.96 Å². The van der Waals surface area contributed by atoms with E-state index in [9.17, 15) is 19.2 Å². The number of primary amides is 1. The largest absolute Gasteiger partial charge is 0.370 e. The standard InChI is InChI=1S/C19H35N7O4/c1-11(24-12(2)27)17(29)25-14(9-6-10-23-19(21)22)18(30)26-15(16(20)28)13-7-4-3-5-8-13/h11,13-15H,3-10H2,1-2H3,(H2,20,28)(H,24,27)(H,25,29)(H,26,30)(H4,21,22,23)/t11-,14-,15-/m0/s1. The van der Waals surface area contributed by atoms with Gasteiger partial charge in [-0.1, -0.05) is 19.3 Å². The Morgan fingerprint density at radius 3 is 2.17 bits per heavy atom. The summed E-state index contributed by atoms with van der Waals surface area (Å²) in [6.07, 6.45) is 5.38. The minimum Gasteiger partial charge on any atom is -0.370 e. The predicted molar refractivity (Wildman–Crippen MR) is 112 cm³/mol. The van der Waals surface area contributed by atoms with Crippen LogP contribution in [-0.2, 0) is 19.2 Å². The van der Waals surface area contributed by atoms with Gasteiger partial charge in [-0.05, 0) is 38.5 Å². The van der Waals surface area contributed by atoms with Crippen molar-refractivity contribution in [2.75, 3.05) is 6.54 Å². The Labute approximate surface area is 177 Å². The van der Waals surface area contributed by atoms with Crippen LogP contribution in [0.1, 0.15) is 58.8 Å². The van der Waals surface area contributed by atoms with E-state index in [0.29, 0.717) is 13.0 Å². The number of hydrogen-bond acceptors (Lipinski definition) is 5. The van der Waals surface area contributed by atoms with Gasteiger partial charge in [0.05, 0.1) is 0 Å². The van der Waals surface area contributed by atoms with Crippen LogP contribution < -0.4 is 32.7 Å². The van der Waals surface area contributed by atoms with Crippen molar-refractivity contribution < 1.29 is 19.2 Å². The van der Waals surface area contributed by atoms with E-state index in [1.807, 2.05) is 0 Å². The fraction of sp³-hybridized carbons (Fsp3) is 0.737. The zero-order valence-corrected chi connectivity index (χ0v) is 17.8. The summed E-state index contributed by atoms with van der Waals surface area (Å²) in [6, 6.07) is -2.54. The summed E-state index contributed by atoms with van der Waals surface area (Å²) in [4.78, 5) is 48.4. The van der Waals surface area contributed by atoms with Gasteiger partial charge in [0.25, 0.3) is 0 Å². The molecular formula is C19H35N7O4. The molecule has 0 saturated heterocycles. The van der Waals surface area contributed by atoms with Gasteiger partial charge in [0, 0.05) is 13.5 Å². The highest BCUT2D eigenvalue weighted by Gasteiger charge is 2.32. The van der Waals surface area contributed by atoms with Gasteiger partial charge in [-0.25, -0.2) is 0 Å². The number of hydrogen-bond donors (Lipinski definition) is 7. The highest BCUT2D eigenvalue weighted by molar-refractivity contribution is 5.93. The molecule has 1 saturated carbocycles. The Balaban J connectivity index is 2.81. The first kappa shape index (κ1) is 25.2. The van der Waals surface area contributed by atoms with Gasteiger partial charge in [-0.3, -0.25) is 24.6 Å². The summed E-state index contributed by atoms with van der Waals surface area (Å²) in [5, 5.41) is 17.6. The number of carbonyl (C=O) groups is 4. The highest BCUT2D eigenvalue weighted by atomic mass is 16.2. The molecule has 0 bridgehead atoms. The lowest BCUT2D eigenvalue weighted by Crippen LogP contribution is -2.57. The number of nitrogens with one attached hydrogen (secondary N) is 5. The minimum absolute atomic E-state index is 0.0192. The number of carbonyl (C=O) groups excluding carboxylic acids is 4. The SMILES string of the molecule is CC(=O)N[C@@H](C)C(=O)N[C@@H](CCCNC(=N)N)C(=O)N[C@H](C(N)=O)C1CCCCC1. The maximum absolute atomic E-state index is 12.9. The topological polar surface area (TPSA) is 192 Å². The fourth-order valence-electron chi connectivity index (χ4n) is 3.61. The normalized spacial score (nSPS) is 17.1. The Morgan fingerprint density at radius 2 is 1.63 bits per heavy atom. The minimum atomic E-state index is -0.923. The van der Waals surface area contributed by atoms with Crippen molar-refractivity contribution in [2.24, 2.45) is 17.4 Å². The van der Waals surface area contributed by atoms with Crippen molar-refractivity contribution in [3.63, 3.8) is 0 Å². The lowest BCUT2D eigenvalue weighted by atomic mass is 9.83. The van der Waals surface area contributed by atoms with Gasteiger partial charge < -0.3 is 32.7 Å². The second-order valence-corrected chi connectivity index (χ2v) is 7.75. The van der Waals surface area contributed by atoms with Crippen LogP contribution in [0, 0.1) is 11.3 Å². The van der Waals surface area contributed by atoms with Crippen molar-refractivity contribution in [3.05, 3.63) is 0 Å². The molecule has 1 aliphatic carbocycles. The summed E-state index contributed by atoms with van der Waals surface area (Å²) in [7, 11) is 0. The summed E-state index contributed by atoms with van der Waals surface area (Å²) in [5.74, 6) is -2.19. The molecule has 0 aromatic carbocycles. The summed E-state index contributed by atoms with van der Waals surface area (Å²) in [6.45, 7) is 3.15. The number of guanidine groups is 1. The maximum Gasteiger partial charge on any atom is 0.243 e. The molecule has 1 aliphatic rings. The van der Waals surface area contributed by atoms with E-state index in [1.165, 1.54) is 13.8 Å². The van der Waals surface area contributed by atoms with Crippen LogP contribution in [0.4, 0.5) is 0 Å². The van der Waals surface area contributed by atoms with Crippen LogP contribution in [0.5, 0.6) is 0 Å². The third-order valence-electron chi connectivity index (χ3n) is 5.16. The molecule has 0 aromatic rings. The molecular weight excluding hydrogens is 390 g/mol. The van der Waals surface area contributed by atoms with E-state index >= 15 is 0 Å². The van der Waals surface area contributed by atoms with Crippen LogP contribution in [0.25, 0.3) is 0 Å². The smallest absolute Gasteiger partial charge is 0.243 e. The first-order valence-electron chi connectivity index (χ1n) is 10.4. The van der Waals surface area contributed by atoms with Crippen molar-refractivity contribution in [3.8, 4) is 0 Å². The van der Waals surface area contributed by atoms with E-state index in [-0.39, 0.29) is 24.2 Å². The first-order chi connectivity index (χ1) is 14.1. The second kappa shape index (κ2) is 12.7. The molecule has 9 N–H and O–H groups in total. The van der Waals surface area contributed by atoms with Crippen LogP contribution >= 0.6 is 0 Å². The van der Waals surface area contributed by atoms with Crippen molar-refractivity contribution in [2.45, 2.75) is 76.9 Å². The molecule has 4 amide bonds. The third kappa shape index (κ3) is 9.10. The van der Waals surface area contributed by atoms with Crippen molar-refractivity contribution in [1.82, 2.24) is 21.3 Å². The molecule has 3 atom stereocenters. The van der Waals surface area contributed by atoms with Gasteiger partial charge in [-0.2, -0.15) is 0 Å². The summed E-state index contributed by atoms with van der Waals surface area (Å²) < 4.78 is 0. The van der Waals surface area contributed by atoms with Crippen molar-refractivity contribution in [1.29, 1.82) is 5.41 Å². The zero-order chi connectivity index (χ0) is 22.7. The van der Waals surface area contributed by atoms with Gasteiger partial charge in [0.2, 0.25) is 23.6 Å². The molecule has 0 spiro atoms. The molecule has 1 fully saturated rings. The van der Waals surface area contributed by atoms with Crippen LogP contribution in [-0.4, -0.2) is 54.3 Å². The number of amides is 4. The fourth-order valence-corrected chi connectivity index (χ4v) is 3.61. The maximum atomic E-state index is 12.9. The average molecular weight is 426 g/mol. The first-order valence-corrected chi connectivity index (χ1v) is 10.4. The number of nitrogens with two attached hydrogens (primary N) is 2. The van der Waals surface area contributed by atoms with Crippen molar-refractivity contribution >= 4 is 29.6 Å². The van der Waals surface area contributed by atoms with Crippen LogP contribution in [0.2, 0.25) is 0 Å². The van der Waals surface area contributed by atoms with Gasteiger partial charge in [-0.15, -0.1) is 0 Å². The van der Waals surface area contributed by atoms with E-state index in [2.05, 4.69) is 21.3 Å². The van der Waals surface area contributed by atoms with E-state index in [0.717, 1.165) is 32.1 Å². The second-order valence-electron chi connectivity index (χ2n) is 7.75. The Hall–Kier alpha value is -2.85. The lowest BCUT2D eigenvalue weighted by molar-refractivity contribution is -0.133. The predicted octanol–water partition coefficient (Wildman–Crippen LogP) is -1.19. The van der Waals surface area contributed by atoms with E-state index in [1.54, 1.807) is 0 Å². The highest BCUT2D eigenvalue weighted by Crippen LogP contribution is 2.26. The molecule has 0 aliphatic heterocycles. The molecule has 0 heterocycles. The summed E-state index contributed by atoms with van der Waals surface area (Å²) >= 11 is 0. The number of rotatable bonds is 11. The van der Waals surface area contributed by atoms with Crippen LogP contribution in [0.3, 0.4) is 0 Å². The molecule has 170 valence electrons. The van der Waals surface area contributed by atoms with Crippen LogP contribution in [0.15, 0.2) is 0 Å². The van der Waals surface area contributed by atoms with E-state index in [4.69, 9.17) is 16.9 Å². The quantitative estimate of drug-likeness (QED) is 0.124. The molecule has 11 heteroatoms.